The molecule has 4 rings (SSSR count). The number of aromatic nitrogens is 2. The minimum Gasteiger partial charge on any atom is -0.267 e. The fraction of sp³-hybridized carbons (Fsp3) is 0.0833. The molecule has 0 saturated carbocycles. The zero-order chi connectivity index (χ0) is 23.0. The minimum atomic E-state index is -3.38. The van der Waals surface area contributed by atoms with Crippen LogP contribution >= 0.6 is 0 Å². The molecule has 4 aromatic rings. The van der Waals surface area contributed by atoms with Crippen LogP contribution < -0.4 is 5.56 Å². The van der Waals surface area contributed by atoms with Gasteiger partial charge in [-0.2, -0.15) is 9.78 Å². The summed E-state index contributed by atoms with van der Waals surface area (Å²) in [7, 11) is -3.38. The Labute approximate surface area is 183 Å². The van der Waals surface area contributed by atoms with Crippen LogP contribution in [0, 0.1) is 18.6 Å². The second-order valence-electron chi connectivity index (χ2n) is 7.36. The summed E-state index contributed by atoms with van der Waals surface area (Å²) in [6, 6.07) is 16.5. The maximum atomic E-state index is 13.8. The lowest BCUT2D eigenvalue weighted by atomic mass is 9.94. The van der Waals surface area contributed by atoms with Crippen molar-refractivity contribution in [3.8, 4) is 27.9 Å². The average molecular weight is 452 g/mol. The average Bonchev–Trinajstić information content (AvgIpc) is 2.76. The van der Waals surface area contributed by atoms with Gasteiger partial charge in [0.1, 0.15) is 0 Å². The Balaban J connectivity index is 1.99. The molecular weight excluding hydrogens is 434 g/mol. The van der Waals surface area contributed by atoms with Gasteiger partial charge in [0.15, 0.2) is 21.5 Å². The van der Waals surface area contributed by atoms with Crippen molar-refractivity contribution in [2.45, 2.75) is 11.8 Å². The number of benzene rings is 3. The molecule has 0 aliphatic rings. The molecule has 0 atom stereocenters. The fourth-order valence-corrected chi connectivity index (χ4v) is 4.10. The Morgan fingerprint density at radius 3 is 2.19 bits per heavy atom. The van der Waals surface area contributed by atoms with Crippen molar-refractivity contribution in [3.63, 3.8) is 0 Å². The molecule has 0 radical (unpaired) electrons. The van der Waals surface area contributed by atoms with Crippen molar-refractivity contribution >= 4 is 9.84 Å². The Bertz CT molecular complexity index is 1490. The Morgan fingerprint density at radius 2 is 1.56 bits per heavy atom. The van der Waals surface area contributed by atoms with E-state index in [9.17, 15) is 22.0 Å². The molecule has 5 nitrogen and oxygen atoms in total. The van der Waals surface area contributed by atoms with E-state index < -0.39 is 27.0 Å². The lowest BCUT2D eigenvalue weighted by molar-refractivity contribution is 0.507. The van der Waals surface area contributed by atoms with E-state index in [4.69, 9.17) is 0 Å². The zero-order valence-electron chi connectivity index (χ0n) is 17.2. The van der Waals surface area contributed by atoms with Crippen molar-refractivity contribution in [2.24, 2.45) is 0 Å². The van der Waals surface area contributed by atoms with Gasteiger partial charge in [-0.15, -0.1) is 0 Å². The first-order chi connectivity index (χ1) is 15.2. The zero-order valence-corrected chi connectivity index (χ0v) is 18.0. The third-order valence-corrected chi connectivity index (χ3v) is 6.26. The van der Waals surface area contributed by atoms with E-state index >= 15 is 0 Å². The van der Waals surface area contributed by atoms with E-state index in [0.29, 0.717) is 22.3 Å². The Hall–Kier alpha value is -3.65. The van der Waals surface area contributed by atoms with E-state index in [1.807, 2.05) is 19.1 Å². The van der Waals surface area contributed by atoms with E-state index in [0.717, 1.165) is 28.6 Å². The molecule has 0 fully saturated rings. The van der Waals surface area contributed by atoms with Gasteiger partial charge in [-0.1, -0.05) is 36.4 Å². The predicted molar refractivity (Wildman–Crippen MR) is 118 cm³/mol. The molecule has 3 aromatic carbocycles. The van der Waals surface area contributed by atoms with E-state index in [1.54, 1.807) is 24.3 Å². The third-order valence-electron chi connectivity index (χ3n) is 5.13. The highest BCUT2D eigenvalue weighted by atomic mass is 32.2. The highest BCUT2D eigenvalue weighted by Crippen LogP contribution is 2.31. The van der Waals surface area contributed by atoms with Crippen molar-refractivity contribution in [1.82, 2.24) is 9.78 Å². The number of nitrogens with zero attached hydrogens (tertiary/aromatic N) is 2. The van der Waals surface area contributed by atoms with Gasteiger partial charge in [-0.25, -0.2) is 17.2 Å². The maximum Gasteiger partial charge on any atom is 0.280 e. The van der Waals surface area contributed by atoms with Crippen molar-refractivity contribution < 1.29 is 17.2 Å². The van der Waals surface area contributed by atoms with Crippen LogP contribution in [0.2, 0.25) is 0 Å². The number of hydrogen-bond donors (Lipinski definition) is 0. The third kappa shape index (κ3) is 3.97. The van der Waals surface area contributed by atoms with Gasteiger partial charge < -0.3 is 0 Å². The molecule has 0 spiro atoms. The summed E-state index contributed by atoms with van der Waals surface area (Å²) >= 11 is 0. The fourth-order valence-electron chi connectivity index (χ4n) is 3.47. The SMILES string of the molecule is Cc1ccccc1-c1c(-c2ccc(S(C)(=O)=O)cc2)cnn(-c2ccc(F)c(F)c2)c1=O. The van der Waals surface area contributed by atoms with Crippen LogP contribution in [-0.2, 0) is 9.84 Å². The topological polar surface area (TPSA) is 69.0 Å². The molecule has 162 valence electrons. The first-order valence-corrected chi connectivity index (χ1v) is 11.5. The van der Waals surface area contributed by atoms with Crippen LogP contribution in [0.25, 0.3) is 27.9 Å². The molecule has 0 aliphatic heterocycles. The van der Waals surface area contributed by atoms with Crippen molar-refractivity contribution in [3.05, 3.63) is 100 Å². The van der Waals surface area contributed by atoms with Gasteiger partial charge >= 0.3 is 0 Å². The number of halogens is 2. The molecule has 0 saturated heterocycles. The van der Waals surface area contributed by atoms with Crippen LogP contribution in [-0.4, -0.2) is 24.5 Å². The lowest BCUT2D eigenvalue weighted by Crippen LogP contribution is -2.24. The molecule has 0 aliphatic carbocycles. The molecule has 1 aromatic heterocycles. The maximum absolute atomic E-state index is 13.8. The summed E-state index contributed by atoms with van der Waals surface area (Å²) in [5, 5.41) is 4.18. The smallest absolute Gasteiger partial charge is 0.267 e. The first kappa shape index (κ1) is 21.6. The standard InChI is InChI=1S/C24H18F2N2O3S/c1-15-5-3-4-6-19(15)23-20(16-7-10-18(11-8-16)32(2,30)31)14-27-28(24(23)29)17-9-12-21(25)22(26)13-17/h3-14H,1-2H3. The lowest BCUT2D eigenvalue weighted by Gasteiger charge is -2.14. The Kier molecular flexibility index (Phi) is 5.48. The van der Waals surface area contributed by atoms with Crippen LogP contribution in [0.1, 0.15) is 5.56 Å². The highest BCUT2D eigenvalue weighted by molar-refractivity contribution is 7.90. The minimum absolute atomic E-state index is 0.0858. The van der Waals surface area contributed by atoms with Crippen LogP contribution in [0.15, 0.2) is 82.6 Å². The van der Waals surface area contributed by atoms with Crippen LogP contribution in [0.4, 0.5) is 8.78 Å². The second-order valence-corrected chi connectivity index (χ2v) is 9.38. The van der Waals surface area contributed by atoms with Gasteiger partial charge in [0.2, 0.25) is 0 Å². The van der Waals surface area contributed by atoms with Crippen LogP contribution in [0.3, 0.4) is 0 Å². The van der Waals surface area contributed by atoms with Gasteiger partial charge in [0.05, 0.1) is 22.3 Å². The predicted octanol–water partition coefficient (Wildman–Crippen LogP) is 4.56. The first-order valence-electron chi connectivity index (χ1n) is 9.61. The van der Waals surface area contributed by atoms with E-state index in [-0.39, 0.29) is 10.6 Å². The monoisotopic (exact) mass is 452 g/mol. The summed E-state index contributed by atoms with van der Waals surface area (Å²) in [5.41, 5.74) is 2.45. The molecular formula is C24H18F2N2O3S. The van der Waals surface area contributed by atoms with Gasteiger partial charge in [0, 0.05) is 17.9 Å². The largest absolute Gasteiger partial charge is 0.280 e. The summed E-state index contributed by atoms with van der Waals surface area (Å²) in [4.78, 5) is 13.7. The molecule has 32 heavy (non-hydrogen) atoms. The number of aryl methyl sites for hydroxylation is 1. The molecule has 0 bridgehead atoms. The quantitative estimate of drug-likeness (QED) is 0.455. The van der Waals surface area contributed by atoms with Gasteiger partial charge in [0.25, 0.3) is 5.56 Å². The van der Waals surface area contributed by atoms with Crippen molar-refractivity contribution in [1.29, 1.82) is 0 Å². The number of hydrogen-bond acceptors (Lipinski definition) is 4. The highest BCUT2D eigenvalue weighted by Gasteiger charge is 2.19. The normalized spacial score (nSPS) is 11.5. The Morgan fingerprint density at radius 1 is 0.875 bits per heavy atom. The summed E-state index contributed by atoms with van der Waals surface area (Å²) < 4.78 is 51.8. The second kappa shape index (κ2) is 8.12. The van der Waals surface area contributed by atoms with Crippen molar-refractivity contribution in [2.75, 3.05) is 6.26 Å². The molecule has 0 amide bonds. The molecule has 8 heteroatoms. The van der Waals surface area contributed by atoms with Gasteiger partial charge in [-0.3, -0.25) is 4.79 Å². The van der Waals surface area contributed by atoms with Gasteiger partial charge in [-0.05, 0) is 47.9 Å². The van der Waals surface area contributed by atoms with E-state index in [2.05, 4.69) is 5.10 Å². The number of sulfone groups is 1. The molecule has 0 unspecified atom stereocenters. The summed E-state index contributed by atoms with van der Waals surface area (Å²) in [6.45, 7) is 1.85. The molecule has 0 N–H and O–H groups in total. The number of rotatable bonds is 4. The summed E-state index contributed by atoms with van der Waals surface area (Å²) in [6.07, 6.45) is 2.57. The van der Waals surface area contributed by atoms with Crippen LogP contribution in [0.5, 0.6) is 0 Å². The summed E-state index contributed by atoms with van der Waals surface area (Å²) in [5.74, 6) is -2.11. The molecule has 1 heterocycles. The van der Waals surface area contributed by atoms with E-state index in [1.165, 1.54) is 24.4 Å².